The van der Waals surface area contributed by atoms with E-state index in [1.165, 1.54) is 12.1 Å². The quantitative estimate of drug-likeness (QED) is 0.355. The molecule has 1 fully saturated rings. The van der Waals surface area contributed by atoms with E-state index in [1.54, 1.807) is 30.0 Å². The minimum atomic E-state index is -1.47. The van der Waals surface area contributed by atoms with Gasteiger partial charge in [-0.25, -0.2) is 0 Å². The molecule has 0 saturated carbocycles. The number of nitroso groups, excluding NO2 is 1. The zero-order chi connectivity index (χ0) is 25.4. The Labute approximate surface area is 215 Å². The predicted octanol–water partition coefficient (Wildman–Crippen LogP) is 5.18. The standard InChI is InChI=1S/C28H27ClN4O3/c1-28(20-8-10-22(30-36)11-9-20)26(34)25-23(32-14-12-31(2)13-15-32)16-21(29)17-24(25)33(27(28)35)18-19-6-4-3-5-7-19/h3-11,16-17H,12-15,18H2,1-2H3. The number of hydrogen-bond acceptors (Lipinski definition) is 6. The maximum atomic E-state index is 14.3. The molecule has 0 aliphatic carbocycles. The van der Waals surface area contributed by atoms with Crippen LogP contribution in [0.3, 0.4) is 0 Å². The summed E-state index contributed by atoms with van der Waals surface area (Å²) >= 11 is 6.59. The third kappa shape index (κ3) is 4.08. The third-order valence-electron chi connectivity index (χ3n) is 7.28. The number of benzene rings is 3. The Hall–Kier alpha value is -3.55. The van der Waals surface area contributed by atoms with Crippen molar-refractivity contribution in [3.63, 3.8) is 0 Å². The molecule has 2 aliphatic rings. The Kier molecular flexibility index (Phi) is 6.36. The zero-order valence-electron chi connectivity index (χ0n) is 20.3. The van der Waals surface area contributed by atoms with Crippen molar-refractivity contribution in [2.24, 2.45) is 5.18 Å². The number of piperazine rings is 1. The predicted molar refractivity (Wildman–Crippen MR) is 142 cm³/mol. The Bertz CT molecular complexity index is 1320. The minimum absolute atomic E-state index is 0.240. The topological polar surface area (TPSA) is 73.3 Å². The summed E-state index contributed by atoms with van der Waals surface area (Å²) in [5.41, 5.74) is 2.00. The number of hydrogen-bond donors (Lipinski definition) is 0. The van der Waals surface area contributed by atoms with E-state index >= 15 is 0 Å². The van der Waals surface area contributed by atoms with Crippen LogP contribution in [0.1, 0.15) is 28.4 Å². The molecule has 1 amide bonds. The highest BCUT2D eigenvalue weighted by Gasteiger charge is 2.52. The number of nitrogens with zero attached hydrogens (tertiary/aromatic N) is 4. The van der Waals surface area contributed by atoms with Crippen LogP contribution in [0.5, 0.6) is 0 Å². The number of rotatable bonds is 5. The highest BCUT2D eigenvalue weighted by Crippen LogP contribution is 2.46. The van der Waals surface area contributed by atoms with Crippen molar-refractivity contribution in [1.82, 2.24) is 4.90 Å². The van der Waals surface area contributed by atoms with Crippen LogP contribution in [0, 0.1) is 4.91 Å². The van der Waals surface area contributed by atoms with E-state index < -0.39 is 5.41 Å². The molecule has 8 heteroatoms. The third-order valence-corrected chi connectivity index (χ3v) is 7.50. The molecular formula is C28H27ClN4O3. The molecule has 5 rings (SSSR count). The van der Waals surface area contributed by atoms with Gasteiger partial charge in [-0.3, -0.25) is 9.59 Å². The SMILES string of the molecule is CN1CCN(c2cc(Cl)cc3c2C(=O)C(C)(c2ccc(N=O)cc2)C(=O)N3Cc2ccccc2)CC1. The van der Waals surface area contributed by atoms with Gasteiger partial charge in [-0.15, -0.1) is 4.91 Å². The van der Waals surface area contributed by atoms with E-state index in [4.69, 9.17) is 11.6 Å². The van der Waals surface area contributed by atoms with Crippen molar-refractivity contribution in [3.05, 3.63) is 93.4 Å². The van der Waals surface area contributed by atoms with E-state index in [9.17, 15) is 14.5 Å². The molecule has 0 N–H and O–H groups in total. The molecule has 1 saturated heterocycles. The van der Waals surface area contributed by atoms with Crippen LogP contribution in [-0.4, -0.2) is 49.8 Å². The molecule has 7 nitrogen and oxygen atoms in total. The van der Waals surface area contributed by atoms with E-state index in [0.717, 1.165) is 37.4 Å². The second kappa shape index (κ2) is 9.48. The maximum absolute atomic E-state index is 14.3. The van der Waals surface area contributed by atoms with Crippen molar-refractivity contribution >= 4 is 40.4 Å². The average Bonchev–Trinajstić information content (AvgIpc) is 2.90. The Morgan fingerprint density at radius 3 is 2.19 bits per heavy atom. The summed E-state index contributed by atoms with van der Waals surface area (Å²) in [6.07, 6.45) is 0. The van der Waals surface area contributed by atoms with Crippen LogP contribution in [-0.2, 0) is 16.8 Å². The van der Waals surface area contributed by atoms with Crippen LogP contribution in [0.15, 0.2) is 71.9 Å². The fourth-order valence-corrected chi connectivity index (χ4v) is 5.29. The highest BCUT2D eigenvalue weighted by atomic mass is 35.5. The van der Waals surface area contributed by atoms with Gasteiger partial charge in [0.2, 0.25) is 5.91 Å². The first kappa shape index (κ1) is 24.2. The van der Waals surface area contributed by atoms with Gasteiger partial charge in [-0.05, 0) is 54.5 Å². The summed E-state index contributed by atoms with van der Waals surface area (Å²) in [5, 5.41) is 3.44. The lowest BCUT2D eigenvalue weighted by Crippen LogP contribution is -2.55. The van der Waals surface area contributed by atoms with Crippen LogP contribution < -0.4 is 9.80 Å². The molecular weight excluding hydrogens is 476 g/mol. The number of carbonyl (C=O) groups excluding carboxylic acids is 2. The lowest BCUT2D eigenvalue weighted by Gasteiger charge is -2.43. The summed E-state index contributed by atoms with van der Waals surface area (Å²) in [7, 11) is 2.07. The van der Waals surface area contributed by atoms with E-state index in [1.807, 2.05) is 36.4 Å². The minimum Gasteiger partial charge on any atom is -0.368 e. The Morgan fingerprint density at radius 1 is 0.917 bits per heavy atom. The number of anilines is 2. The lowest BCUT2D eigenvalue weighted by atomic mass is 9.71. The van der Waals surface area contributed by atoms with Gasteiger partial charge >= 0.3 is 0 Å². The molecule has 0 bridgehead atoms. The maximum Gasteiger partial charge on any atom is 0.245 e. The van der Waals surface area contributed by atoms with Gasteiger partial charge in [0, 0.05) is 31.2 Å². The molecule has 36 heavy (non-hydrogen) atoms. The molecule has 1 unspecified atom stereocenters. The first-order chi connectivity index (χ1) is 17.3. The van der Waals surface area contributed by atoms with Gasteiger partial charge in [0.05, 0.1) is 23.5 Å². The van der Waals surface area contributed by atoms with E-state index in [0.29, 0.717) is 28.4 Å². The van der Waals surface area contributed by atoms with Crippen LogP contribution in [0.4, 0.5) is 17.1 Å². The van der Waals surface area contributed by atoms with E-state index in [-0.39, 0.29) is 17.4 Å². The van der Waals surface area contributed by atoms with Crippen molar-refractivity contribution in [1.29, 1.82) is 0 Å². The number of halogens is 1. The molecule has 0 spiro atoms. The van der Waals surface area contributed by atoms with Crippen LogP contribution in [0.25, 0.3) is 0 Å². The highest BCUT2D eigenvalue weighted by molar-refractivity contribution is 6.34. The number of carbonyl (C=O) groups is 2. The van der Waals surface area contributed by atoms with Crippen molar-refractivity contribution in [3.8, 4) is 0 Å². The Morgan fingerprint density at radius 2 is 1.56 bits per heavy atom. The average molecular weight is 503 g/mol. The largest absolute Gasteiger partial charge is 0.368 e. The van der Waals surface area contributed by atoms with Crippen LogP contribution >= 0.6 is 11.6 Å². The van der Waals surface area contributed by atoms with Gasteiger partial charge in [0.25, 0.3) is 0 Å². The summed E-state index contributed by atoms with van der Waals surface area (Å²) in [4.78, 5) is 45.6. The smallest absolute Gasteiger partial charge is 0.245 e. The lowest BCUT2D eigenvalue weighted by molar-refractivity contribution is -0.122. The molecule has 0 radical (unpaired) electrons. The molecule has 3 aromatic carbocycles. The number of amides is 1. The van der Waals surface area contributed by atoms with Crippen molar-refractivity contribution < 1.29 is 9.59 Å². The summed E-state index contributed by atoms with van der Waals surface area (Å²) in [6.45, 7) is 5.19. The molecule has 3 aromatic rings. The molecule has 1 atom stereocenters. The molecule has 0 aromatic heterocycles. The summed E-state index contributed by atoms with van der Waals surface area (Å²) in [5.74, 6) is -0.605. The first-order valence-corrected chi connectivity index (χ1v) is 12.3. The fourth-order valence-electron chi connectivity index (χ4n) is 5.08. The van der Waals surface area contributed by atoms with Gasteiger partial charge in [-0.1, -0.05) is 54.1 Å². The molecule has 184 valence electrons. The number of fused-ring (bicyclic) bond motifs is 1. The van der Waals surface area contributed by atoms with Crippen molar-refractivity contribution in [2.75, 3.05) is 43.0 Å². The first-order valence-electron chi connectivity index (χ1n) is 11.9. The van der Waals surface area contributed by atoms with Gasteiger partial charge in [0.15, 0.2) is 5.78 Å². The molecule has 2 heterocycles. The van der Waals surface area contributed by atoms with E-state index in [2.05, 4.69) is 22.0 Å². The number of ketones is 1. The van der Waals surface area contributed by atoms with Gasteiger partial charge in [0.1, 0.15) is 11.1 Å². The Balaban J connectivity index is 1.70. The second-order valence-electron chi connectivity index (χ2n) is 9.58. The van der Waals surface area contributed by atoms with Gasteiger partial charge in [-0.2, -0.15) is 0 Å². The zero-order valence-corrected chi connectivity index (χ0v) is 21.0. The summed E-state index contributed by atoms with van der Waals surface area (Å²) in [6, 6.07) is 19.6. The van der Waals surface area contributed by atoms with Crippen molar-refractivity contribution in [2.45, 2.75) is 18.9 Å². The normalized spacial score (nSPS) is 20.4. The fraction of sp³-hybridized carbons (Fsp3) is 0.286. The molecule has 2 aliphatic heterocycles. The second-order valence-corrected chi connectivity index (χ2v) is 10.0. The number of likely N-dealkylation sites (N-methyl/N-ethyl adjacent to an activating group) is 1. The number of Topliss-reactive ketones (excluding diaryl/α,β-unsaturated/α-hetero) is 1. The van der Waals surface area contributed by atoms with Crippen LogP contribution in [0.2, 0.25) is 5.02 Å². The monoisotopic (exact) mass is 502 g/mol. The van der Waals surface area contributed by atoms with Gasteiger partial charge < -0.3 is 14.7 Å². The summed E-state index contributed by atoms with van der Waals surface area (Å²) < 4.78 is 0.